The Labute approximate surface area is 224 Å². The molecular formula is C30H39FN2O5. The minimum absolute atomic E-state index is 0.0615. The Kier molecular flexibility index (Phi) is 10.7. The fourth-order valence-corrected chi connectivity index (χ4v) is 4.76. The number of benzene rings is 2. The third kappa shape index (κ3) is 6.92. The van der Waals surface area contributed by atoms with Gasteiger partial charge in [-0.15, -0.1) is 0 Å². The zero-order chi connectivity index (χ0) is 27.7. The van der Waals surface area contributed by atoms with Crippen LogP contribution in [-0.2, 0) is 9.59 Å². The monoisotopic (exact) mass is 526 g/mol. The molecule has 1 aliphatic heterocycles. The SMILES string of the molecule is CCCCN(CCCC)CCCN1C(=O)C(=O)C(=C(O)c2ccc(F)cc2)[C@@H]1c1ccc(O)c(OCC)c1. The Morgan fingerprint density at radius 3 is 2.21 bits per heavy atom. The number of amides is 1. The van der Waals surface area contributed by atoms with Gasteiger partial charge in [-0.05, 0) is 87.8 Å². The zero-order valence-electron chi connectivity index (χ0n) is 22.6. The van der Waals surface area contributed by atoms with Crippen molar-refractivity contribution in [2.45, 2.75) is 58.9 Å². The zero-order valence-corrected chi connectivity index (χ0v) is 22.6. The summed E-state index contributed by atoms with van der Waals surface area (Å²) in [6.45, 7) is 9.49. The van der Waals surface area contributed by atoms with Crippen molar-refractivity contribution in [1.29, 1.82) is 0 Å². The predicted molar refractivity (Wildman–Crippen MR) is 146 cm³/mol. The summed E-state index contributed by atoms with van der Waals surface area (Å²) >= 11 is 0. The third-order valence-electron chi connectivity index (χ3n) is 6.79. The first-order chi connectivity index (χ1) is 18.3. The summed E-state index contributed by atoms with van der Waals surface area (Å²) in [5, 5.41) is 21.4. The number of ketones is 1. The minimum atomic E-state index is -0.875. The average Bonchev–Trinajstić information content (AvgIpc) is 3.16. The number of carbonyl (C=O) groups is 2. The second kappa shape index (κ2) is 14.0. The minimum Gasteiger partial charge on any atom is -0.507 e. The number of ether oxygens (including phenoxy) is 1. The molecule has 2 aromatic rings. The number of unbranched alkanes of at least 4 members (excludes halogenated alkanes) is 2. The molecule has 206 valence electrons. The number of phenols is 1. The fourth-order valence-electron chi connectivity index (χ4n) is 4.76. The first-order valence-corrected chi connectivity index (χ1v) is 13.5. The Morgan fingerprint density at radius 2 is 1.61 bits per heavy atom. The maximum atomic E-state index is 13.5. The molecule has 38 heavy (non-hydrogen) atoms. The van der Waals surface area contributed by atoms with E-state index in [1.165, 1.54) is 35.2 Å². The molecule has 1 heterocycles. The number of hydrogen-bond acceptors (Lipinski definition) is 6. The average molecular weight is 527 g/mol. The van der Waals surface area contributed by atoms with Gasteiger partial charge in [-0.1, -0.05) is 32.8 Å². The van der Waals surface area contributed by atoms with Gasteiger partial charge in [0, 0.05) is 12.1 Å². The highest BCUT2D eigenvalue weighted by Gasteiger charge is 2.46. The van der Waals surface area contributed by atoms with Crippen LogP contribution in [0.1, 0.15) is 70.0 Å². The lowest BCUT2D eigenvalue weighted by Gasteiger charge is -2.28. The number of nitrogens with zero attached hydrogens (tertiary/aromatic N) is 2. The molecule has 2 aromatic carbocycles. The first-order valence-electron chi connectivity index (χ1n) is 13.5. The van der Waals surface area contributed by atoms with Gasteiger partial charge >= 0.3 is 0 Å². The van der Waals surface area contributed by atoms with Crippen LogP contribution < -0.4 is 4.74 Å². The number of Topliss-reactive ketones (excluding diaryl/α,β-unsaturated/α-hetero) is 1. The van der Waals surface area contributed by atoms with Crippen LogP contribution in [0.25, 0.3) is 5.76 Å². The van der Waals surface area contributed by atoms with Crippen molar-refractivity contribution in [1.82, 2.24) is 9.80 Å². The molecule has 2 N–H and O–H groups in total. The van der Waals surface area contributed by atoms with Crippen LogP contribution in [0.15, 0.2) is 48.0 Å². The highest BCUT2D eigenvalue weighted by atomic mass is 19.1. The van der Waals surface area contributed by atoms with Crippen molar-refractivity contribution in [3.8, 4) is 11.5 Å². The molecule has 0 radical (unpaired) electrons. The van der Waals surface area contributed by atoms with Crippen molar-refractivity contribution >= 4 is 17.4 Å². The molecule has 8 heteroatoms. The highest BCUT2D eigenvalue weighted by molar-refractivity contribution is 6.46. The summed E-state index contributed by atoms with van der Waals surface area (Å²) in [7, 11) is 0. The third-order valence-corrected chi connectivity index (χ3v) is 6.79. The molecule has 1 aliphatic rings. The Balaban J connectivity index is 1.98. The number of rotatable bonds is 14. The van der Waals surface area contributed by atoms with E-state index in [0.717, 1.165) is 45.3 Å². The maximum absolute atomic E-state index is 13.5. The van der Waals surface area contributed by atoms with Gasteiger partial charge in [-0.2, -0.15) is 0 Å². The number of phenolic OH excluding ortho intramolecular Hbond substituents is 1. The Bertz CT molecular complexity index is 1120. The van der Waals surface area contributed by atoms with Crippen molar-refractivity contribution in [2.24, 2.45) is 0 Å². The van der Waals surface area contributed by atoms with Gasteiger partial charge in [-0.3, -0.25) is 9.59 Å². The van der Waals surface area contributed by atoms with Crippen molar-refractivity contribution in [3.63, 3.8) is 0 Å². The van der Waals surface area contributed by atoms with Gasteiger partial charge in [0.15, 0.2) is 11.5 Å². The topological polar surface area (TPSA) is 90.3 Å². The standard InChI is InChI=1S/C30H39FN2O5/c1-4-7-16-32(17-8-5-2)18-9-19-33-27(22-12-15-24(34)25(20-22)38-6-3)26(29(36)30(33)37)28(35)21-10-13-23(31)14-11-21/h10-15,20,27,34-35H,4-9,16-19H2,1-3H3/t27-/m0/s1. The normalized spacial score (nSPS) is 17.0. The van der Waals surface area contributed by atoms with Gasteiger partial charge in [0.05, 0.1) is 18.2 Å². The molecule has 1 saturated heterocycles. The predicted octanol–water partition coefficient (Wildman–Crippen LogP) is 5.64. The quantitative estimate of drug-likeness (QED) is 0.188. The van der Waals surface area contributed by atoms with Gasteiger partial charge in [-0.25, -0.2) is 4.39 Å². The fraction of sp³-hybridized carbons (Fsp3) is 0.467. The number of likely N-dealkylation sites (tertiary alicyclic amines) is 1. The van der Waals surface area contributed by atoms with E-state index in [4.69, 9.17) is 4.74 Å². The lowest BCUT2D eigenvalue weighted by molar-refractivity contribution is -0.140. The van der Waals surface area contributed by atoms with Crippen molar-refractivity contribution < 1.29 is 28.9 Å². The van der Waals surface area contributed by atoms with Crippen LogP contribution in [0.3, 0.4) is 0 Å². The van der Waals surface area contributed by atoms with E-state index in [2.05, 4.69) is 18.7 Å². The second-order valence-corrected chi connectivity index (χ2v) is 9.56. The number of carbonyl (C=O) groups excluding carboxylic acids is 2. The molecule has 7 nitrogen and oxygen atoms in total. The summed E-state index contributed by atoms with van der Waals surface area (Å²) < 4.78 is 19.1. The Morgan fingerprint density at radius 1 is 0.974 bits per heavy atom. The lowest BCUT2D eigenvalue weighted by atomic mass is 9.95. The number of aliphatic hydroxyl groups excluding tert-OH is 1. The molecule has 1 atom stereocenters. The number of hydrogen-bond donors (Lipinski definition) is 2. The van der Waals surface area contributed by atoms with Crippen LogP contribution in [0.2, 0.25) is 0 Å². The largest absolute Gasteiger partial charge is 0.507 e. The van der Waals surface area contributed by atoms with E-state index in [0.29, 0.717) is 25.1 Å². The molecule has 3 rings (SSSR count). The molecule has 1 fully saturated rings. The summed E-state index contributed by atoms with van der Waals surface area (Å²) in [6.07, 6.45) is 5.05. The molecule has 0 aliphatic carbocycles. The number of aliphatic hydroxyl groups is 1. The molecule has 0 saturated carbocycles. The van der Waals surface area contributed by atoms with Crippen LogP contribution in [0.4, 0.5) is 4.39 Å². The van der Waals surface area contributed by atoms with Crippen LogP contribution in [0.5, 0.6) is 11.5 Å². The molecule has 0 aromatic heterocycles. The van der Waals surface area contributed by atoms with E-state index in [9.17, 15) is 24.2 Å². The second-order valence-electron chi connectivity index (χ2n) is 9.56. The summed E-state index contributed by atoms with van der Waals surface area (Å²) in [4.78, 5) is 30.4. The van der Waals surface area contributed by atoms with E-state index in [-0.39, 0.29) is 28.4 Å². The summed E-state index contributed by atoms with van der Waals surface area (Å²) in [6, 6.07) is 8.91. The van der Waals surface area contributed by atoms with Crippen molar-refractivity contribution in [3.05, 3.63) is 65.0 Å². The lowest BCUT2D eigenvalue weighted by Crippen LogP contribution is -2.34. The highest BCUT2D eigenvalue weighted by Crippen LogP contribution is 2.41. The van der Waals surface area contributed by atoms with E-state index < -0.39 is 23.5 Å². The van der Waals surface area contributed by atoms with Crippen LogP contribution in [-0.4, -0.2) is 64.5 Å². The van der Waals surface area contributed by atoms with E-state index in [1.54, 1.807) is 19.1 Å². The molecule has 0 unspecified atom stereocenters. The molecule has 0 bridgehead atoms. The van der Waals surface area contributed by atoms with E-state index in [1.807, 2.05) is 0 Å². The van der Waals surface area contributed by atoms with Gasteiger partial charge in [0.2, 0.25) is 0 Å². The van der Waals surface area contributed by atoms with Crippen LogP contribution >= 0.6 is 0 Å². The van der Waals surface area contributed by atoms with Crippen LogP contribution in [0, 0.1) is 5.82 Å². The molecular weight excluding hydrogens is 487 g/mol. The Hall–Kier alpha value is -3.39. The van der Waals surface area contributed by atoms with Gasteiger partial charge in [0.1, 0.15) is 11.6 Å². The molecule has 1 amide bonds. The van der Waals surface area contributed by atoms with E-state index >= 15 is 0 Å². The van der Waals surface area contributed by atoms with Gasteiger partial charge < -0.3 is 24.7 Å². The maximum Gasteiger partial charge on any atom is 0.295 e. The number of aromatic hydroxyl groups is 1. The number of halogens is 1. The smallest absolute Gasteiger partial charge is 0.295 e. The van der Waals surface area contributed by atoms with Crippen molar-refractivity contribution in [2.75, 3.05) is 32.8 Å². The first kappa shape index (κ1) is 29.2. The molecule has 0 spiro atoms. The van der Waals surface area contributed by atoms with Gasteiger partial charge in [0.25, 0.3) is 11.7 Å². The summed E-state index contributed by atoms with van der Waals surface area (Å²) in [5.74, 6) is -2.17. The summed E-state index contributed by atoms with van der Waals surface area (Å²) in [5.41, 5.74) is 0.704.